The number of rotatable bonds is 8. The molecule has 118 valence electrons. The number of aromatic amines is 1. The third-order valence-corrected chi connectivity index (χ3v) is 2.80. The predicted octanol–water partition coefficient (Wildman–Crippen LogP) is 0.472. The van der Waals surface area contributed by atoms with Gasteiger partial charge in [-0.3, -0.25) is 0 Å². The van der Waals surface area contributed by atoms with E-state index in [1.165, 1.54) is 17.4 Å². The molecule has 3 N–H and O–H groups in total. The summed E-state index contributed by atoms with van der Waals surface area (Å²) in [5.74, 6) is -1.09. The Balaban J connectivity index is 2.46. The van der Waals surface area contributed by atoms with E-state index < -0.39 is 18.0 Å². The number of ether oxygens (including phenoxy) is 1. The number of nitrogens with one attached hydrogen (secondary N) is 2. The van der Waals surface area contributed by atoms with Crippen molar-refractivity contribution in [1.82, 2.24) is 20.2 Å². The number of hydrogen-bond donors (Lipinski definition) is 3. The lowest BCUT2D eigenvalue weighted by atomic mass is 10.1. The van der Waals surface area contributed by atoms with Crippen LogP contribution < -0.4 is 5.32 Å². The zero-order valence-electron chi connectivity index (χ0n) is 12.5. The molecular formula is C13H22N4O4. The summed E-state index contributed by atoms with van der Waals surface area (Å²) in [6, 6.07) is -1.46. The Morgan fingerprint density at radius 2 is 2.24 bits per heavy atom. The van der Waals surface area contributed by atoms with E-state index in [0.717, 1.165) is 0 Å². The first-order valence-corrected chi connectivity index (χ1v) is 6.73. The number of aliphatic carboxylic acids is 1. The molecule has 0 aliphatic carbocycles. The third kappa shape index (κ3) is 6.26. The SMILES string of the molecule is CC(C)OCCN(C)C(=O)NC(Cc1cnc[nH]1)C(=O)O. The van der Waals surface area contributed by atoms with Gasteiger partial charge in [-0.25, -0.2) is 14.6 Å². The number of carboxylic acid groups (broad SMARTS) is 1. The number of carboxylic acids is 1. The van der Waals surface area contributed by atoms with Crippen LogP contribution in [0, 0.1) is 0 Å². The molecule has 2 amide bonds. The van der Waals surface area contributed by atoms with Crippen LogP contribution >= 0.6 is 0 Å². The van der Waals surface area contributed by atoms with Crippen molar-refractivity contribution in [3.63, 3.8) is 0 Å². The number of aromatic nitrogens is 2. The maximum atomic E-state index is 11.9. The van der Waals surface area contributed by atoms with E-state index >= 15 is 0 Å². The minimum Gasteiger partial charge on any atom is -0.480 e. The minimum atomic E-state index is -1.09. The van der Waals surface area contributed by atoms with Crippen molar-refractivity contribution in [3.8, 4) is 0 Å². The van der Waals surface area contributed by atoms with Crippen LogP contribution in [-0.4, -0.2) is 64.3 Å². The number of hydrogen-bond acceptors (Lipinski definition) is 4. The fraction of sp³-hybridized carbons (Fsp3) is 0.615. The molecule has 1 aromatic heterocycles. The summed E-state index contributed by atoms with van der Waals surface area (Å²) in [4.78, 5) is 31.2. The highest BCUT2D eigenvalue weighted by atomic mass is 16.5. The Labute approximate surface area is 123 Å². The summed E-state index contributed by atoms with van der Waals surface area (Å²) in [5, 5.41) is 11.6. The Morgan fingerprint density at radius 1 is 1.52 bits per heavy atom. The van der Waals surface area contributed by atoms with E-state index in [1.54, 1.807) is 7.05 Å². The van der Waals surface area contributed by atoms with Crippen LogP contribution in [0.25, 0.3) is 0 Å². The smallest absolute Gasteiger partial charge is 0.326 e. The summed E-state index contributed by atoms with van der Waals surface area (Å²) in [6.07, 6.45) is 3.24. The number of carbonyl (C=O) groups excluding carboxylic acids is 1. The molecule has 21 heavy (non-hydrogen) atoms. The van der Waals surface area contributed by atoms with Crippen LogP contribution in [0.5, 0.6) is 0 Å². The minimum absolute atomic E-state index is 0.0913. The van der Waals surface area contributed by atoms with Gasteiger partial charge in [0.2, 0.25) is 0 Å². The van der Waals surface area contributed by atoms with Crippen molar-refractivity contribution in [3.05, 3.63) is 18.2 Å². The Bertz CT molecular complexity index is 447. The van der Waals surface area contributed by atoms with E-state index in [2.05, 4.69) is 15.3 Å². The summed E-state index contributed by atoms with van der Waals surface area (Å²) in [5.41, 5.74) is 0.647. The van der Waals surface area contributed by atoms with Crippen LogP contribution in [0.3, 0.4) is 0 Å². The van der Waals surface area contributed by atoms with Crippen LogP contribution in [0.4, 0.5) is 4.79 Å². The van der Waals surface area contributed by atoms with Crippen molar-refractivity contribution >= 4 is 12.0 Å². The summed E-state index contributed by atoms with van der Waals surface area (Å²) in [7, 11) is 1.59. The van der Waals surface area contributed by atoms with Gasteiger partial charge in [-0.05, 0) is 13.8 Å². The van der Waals surface area contributed by atoms with Crippen molar-refractivity contribution in [2.75, 3.05) is 20.2 Å². The normalized spacial score (nSPS) is 12.2. The van der Waals surface area contributed by atoms with Crippen molar-refractivity contribution in [1.29, 1.82) is 0 Å². The van der Waals surface area contributed by atoms with Gasteiger partial charge in [-0.15, -0.1) is 0 Å². The van der Waals surface area contributed by atoms with Gasteiger partial charge in [-0.1, -0.05) is 0 Å². The largest absolute Gasteiger partial charge is 0.480 e. The highest BCUT2D eigenvalue weighted by molar-refractivity contribution is 5.82. The van der Waals surface area contributed by atoms with Gasteiger partial charge >= 0.3 is 12.0 Å². The molecule has 0 aliphatic rings. The van der Waals surface area contributed by atoms with Gasteiger partial charge in [0, 0.05) is 31.9 Å². The molecule has 0 saturated heterocycles. The van der Waals surface area contributed by atoms with E-state index in [4.69, 9.17) is 9.84 Å². The first-order chi connectivity index (χ1) is 9.90. The Kier molecular flexibility index (Phi) is 6.67. The zero-order chi connectivity index (χ0) is 15.8. The highest BCUT2D eigenvalue weighted by Gasteiger charge is 2.22. The maximum Gasteiger partial charge on any atom is 0.326 e. The second-order valence-electron chi connectivity index (χ2n) is 4.96. The number of likely N-dealkylation sites (N-methyl/N-ethyl adjacent to an activating group) is 1. The molecule has 1 atom stereocenters. The zero-order valence-corrected chi connectivity index (χ0v) is 12.5. The van der Waals surface area contributed by atoms with Gasteiger partial charge < -0.3 is 25.0 Å². The quantitative estimate of drug-likeness (QED) is 0.646. The molecule has 0 saturated carbocycles. The molecule has 0 fully saturated rings. The molecule has 0 aromatic carbocycles. The molecule has 8 heteroatoms. The van der Waals surface area contributed by atoms with E-state index in [0.29, 0.717) is 18.8 Å². The average Bonchev–Trinajstić information content (AvgIpc) is 2.90. The van der Waals surface area contributed by atoms with Gasteiger partial charge in [0.05, 0.1) is 19.0 Å². The first kappa shape index (κ1) is 17.0. The number of carbonyl (C=O) groups is 2. The van der Waals surface area contributed by atoms with Crippen LogP contribution in [0.1, 0.15) is 19.5 Å². The van der Waals surface area contributed by atoms with E-state index in [9.17, 15) is 9.59 Å². The van der Waals surface area contributed by atoms with Gasteiger partial charge in [-0.2, -0.15) is 0 Å². The van der Waals surface area contributed by atoms with Crippen LogP contribution in [0.15, 0.2) is 12.5 Å². The monoisotopic (exact) mass is 298 g/mol. The summed E-state index contributed by atoms with van der Waals surface area (Å²) < 4.78 is 5.35. The molecule has 0 aliphatic heterocycles. The van der Waals surface area contributed by atoms with Crippen molar-refractivity contribution < 1.29 is 19.4 Å². The molecule has 8 nitrogen and oxygen atoms in total. The molecule has 1 unspecified atom stereocenters. The van der Waals surface area contributed by atoms with Crippen molar-refractivity contribution in [2.45, 2.75) is 32.4 Å². The lowest BCUT2D eigenvalue weighted by Gasteiger charge is -2.21. The standard InChI is InChI=1S/C13H22N4O4/c1-9(2)21-5-4-17(3)13(20)16-11(12(18)19)6-10-7-14-8-15-10/h7-9,11H,4-6H2,1-3H3,(H,14,15)(H,16,20)(H,18,19). The van der Waals surface area contributed by atoms with Gasteiger partial charge in [0.1, 0.15) is 6.04 Å². The number of imidazole rings is 1. The van der Waals surface area contributed by atoms with Gasteiger partial charge in [0.15, 0.2) is 0 Å². The molecule has 0 spiro atoms. The molecule has 0 bridgehead atoms. The molecule has 0 radical (unpaired) electrons. The van der Waals surface area contributed by atoms with Crippen LogP contribution in [-0.2, 0) is 16.0 Å². The highest BCUT2D eigenvalue weighted by Crippen LogP contribution is 2.00. The average molecular weight is 298 g/mol. The van der Waals surface area contributed by atoms with Crippen molar-refractivity contribution in [2.24, 2.45) is 0 Å². The number of urea groups is 1. The third-order valence-electron chi connectivity index (χ3n) is 2.80. The molecule has 1 rings (SSSR count). The first-order valence-electron chi connectivity index (χ1n) is 6.73. The van der Waals surface area contributed by atoms with Gasteiger partial charge in [0.25, 0.3) is 0 Å². The summed E-state index contributed by atoms with van der Waals surface area (Å²) >= 11 is 0. The number of amides is 2. The second-order valence-corrected chi connectivity index (χ2v) is 4.96. The fourth-order valence-electron chi connectivity index (χ4n) is 1.60. The van der Waals surface area contributed by atoms with Crippen LogP contribution in [0.2, 0.25) is 0 Å². The Hall–Kier alpha value is -2.09. The molecule has 1 aromatic rings. The summed E-state index contributed by atoms with van der Waals surface area (Å²) in [6.45, 7) is 4.61. The lowest BCUT2D eigenvalue weighted by molar-refractivity contribution is -0.139. The lowest BCUT2D eigenvalue weighted by Crippen LogP contribution is -2.48. The fourth-order valence-corrected chi connectivity index (χ4v) is 1.60. The number of H-pyrrole nitrogens is 1. The topological polar surface area (TPSA) is 108 Å². The molecular weight excluding hydrogens is 276 g/mol. The second kappa shape index (κ2) is 8.25. The number of nitrogens with zero attached hydrogens (tertiary/aromatic N) is 2. The predicted molar refractivity (Wildman–Crippen MR) is 76.0 cm³/mol. The maximum absolute atomic E-state index is 11.9. The van der Waals surface area contributed by atoms with E-state index in [-0.39, 0.29) is 12.5 Å². The molecule has 1 heterocycles. The Morgan fingerprint density at radius 3 is 2.76 bits per heavy atom. The van der Waals surface area contributed by atoms with E-state index in [1.807, 2.05) is 13.8 Å².